The van der Waals surface area contributed by atoms with Gasteiger partial charge in [0.2, 0.25) is 11.8 Å². The molecule has 0 unspecified atom stereocenters. The van der Waals surface area contributed by atoms with Crippen molar-refractivity contribution in [3.8, 4) is 0 Å². The fraction of sp³-hybridized carbons (Fsp3) is 0.471. The van der Waals surface area contributed by atoms with Crippen molar-refractivity contribution < 1.29 is 9.59 Å². The summed E-state index contributed by atoms with van der Waals surface area (Å²) in [5.74, 6) is 0.285. The molecule has 2 aromatic heterocycles. The third-order valence-corrected chi connectivity index (χ3v) is 5.37. The molecule has 1 saturated heterocycles. The maximum absolute atomic E-state index is 12.8. The maximum Gasteiger partial charge on any atom is 0.225 e. The van der Waals surface area contributed by atoms with Gasteiger partial charge in [0.25, 0.3) is 0 Å². The van der Waals surface area contributed by atoms with Crippen LogP contribution in [-0.2, 0) is 9.59 Å². The van der Waals surface area contributed by atoms with Gasteiger partial charge >= 0.3 is 0 Å². The van der Waals surface area contributed by atoms with Crippen molar-refractivity contribution in [3.05, 3.63) is 40.3 Å². The van der Waals surface area contributed by atoms with Crippen molar-refractivity contribution in [3.63, 3.8) is 0 Å². The molecular weight excluding hydrogens is 324 g/mol. The Hall–Kier alpha value is -2.15. The summed E-state index contributed by atoms with van der Waals surface area (Å²) in [5.41, 5.74) is 1.09. The fourth-order valence-corrected chi connectivity index (χ4v) is 3.99. The second-order valence-electron chi connectivity index (χ2n) is 6.16. The topological polar surface area (TPSA) is 78.1 Å². The minimum Gasteiger partial charge on any atom is -0.348 e. The molecule has 0 radical (unpaired) electrons. The lowest BCUT2D eigenvalue weighted by atomic mass is 9.94. The van der Waals surface area contributed by atoms with Gasteiger partial charge in [-0.2, -0.15) is 5.10 Å². The molecule has 1 aliphatic heterocycles. The average Bonchev–Trinajstić information content (AvgIpc) is 3.27. The Balaban J connectivity index is 1.65. The lowest BCUT2D eigenvalue weighted by Gasteiger charge is -2.33. The van der Waals surface area contributed by atoms with Gasteiger partial charge in [-0.3, -0.25) is 14.7 Å². The molecule has 7 heteroatoms. The van der Waals surface area contributed by atoms with Gasteiger partial charge < -0.3 is 10.2 Å². The predicted octanol–water partition coefficient (Wildman–Crippen LogP) is 2.44. The number of rotatable bonds is 5. The molecule has 6 nitrogen and oxygen atoms in total. The van der Waals surface area contributed by atoms with Gasteiger partial charge in [-0.25, -0.2) is 0 Å². The monoisotopic (exact) mass is 346 g/mol. The molecule has 0 saturated carbocycles. The molecule has 0 aliphatic carbocycles. The number of H-pyrrole nitrogens is 1. The number of carbonyl (C=O) groups is 2. The van der Waals surface area contributed by atoms with Crippen LogP contribution in [0.25, 0.3) is 0 Å². The number of piperidine rings is 1. The van der Waals surface area contributed by atoms with Crippen LogP contribution < -0.4 is 5.32 Å². The zero-order chi connectivity index (χ0) is 16.9. The molecule has 2 N–H and O–H groups in total. The fourth-order valence-electron chi connectivity index (χ4n) is 3.21. The van der Waals surface area contributed by atoms with Gasteiger partial charge in [-0.05, 0) is 30.4 Å². The third-order valence-electron chi connectivity index (χ3n) is 4.38. The molecule has 0 bridgehead atoms. The summed E-state index contributed by atoms with van der Waals surface area (Å²) in [4.78, 5) is 27.2. The number of nitrogens with one attached hydrogen (secondary N) is 2. The smallest absolute Gasteiger partial charge is 0.225 e. The van der Waals surface area contributed by atoms with Crippen LogP contribution in [0, 0.1) is 0 Å². The van der Waals surface area contributed by atoms with Crippen LogP contribution in [0.4, 0.5) is 0 Å². The first kappa shape index (κ1) is 16.7. The second kappa shape index (κ2) is 7.61. The number of nitrogens with zero attached hydrogens (tertiary/aromatic N) is 2. The van der Waals surface area contributed by atoms with E-state index in [2.05, 4.69) is 15.5 Å². The van der Waals surface area contributed by atoms with Crippen molar-refractivity contribution >= 4 is 23.2 Å². The number of amides is 2. The van der Waals surface area contributed by atoms with E-state index in [1.807, 2.05) is 28.5 Å². The lowest BCUT2D eigenvalue weighted by molar-refractivity contribution is -0.133. The minimum absolute atomic E-state index is 0.0892. The summed E-state index contributed by atoms with van der Waals surface area (Å²) in [5, 5.41) is 11.9. The van der Waals surface area contributed by atoms with E-state index in [-0.39, 0.29) is 17.9 Å². The number of hydrogen-bond donors (Lipinski definition) is 2. The Morgan fingerprint density at radius 2 is 2.38 bits per heavy atom. The molecule has 2 aromatic rings. The largest absolute Gasteiger partial charge is 0.348 e. The highest BCUT2D eigenvalue weighted by Gasteiger charge is 2.28. The first-order chi connectivity index (χ1) is 11.6. The van der Waals surface area contributed by atoms with Crippen molar-refractivity contribution in [1.82, 2.24) is 20.4 Å². The zero-order valence-electron chi connectivity index (χ0n) is 13.7. The highest BCUT2D eigenvalue weighted by atomic mass is 32.1. The standard InChI is InChI=1S/C17H22N4O2S/c1-12(22)19-15(16-5-3-9-24-16)10-17(23)21-8-2-4-13(11-21)14-6-7-18-20-14/h3,5-7,9,13,15H,2,4,8,10-11H2,1H3,(H,18,20)(H,19,22)/t13-,15+/m1/s1. The van der Waals surface area contributed by atoms with E-state index in [4.69, 9.17) is 0 Å². The summed E-state index contributed by atoms with van der Waals surface area (Å²) in [6.45, 7) is 2.97. The van der Waals surface area contributed by atoms with Crippen molar-refractivity contribution in [2.24, 2.45) is 0 Å². The summed E-state index contributed by atoms with van der Waals surface area (Å²) in [6.07, 6.45) is 4.10. The van der Waals surface area contributed by atoms with Crippen LogP contribution in [0.15, 0.2) is 29.8 Å². The Labute approximate surface area is 145 Å². The predicted molar refractivity (Wildman–Crippen MR) is 92.6 cm³/mol. The average molecular weight is 346 g/mol. The molecular formula is C17H22N4O2S. The number of likely N-dealkylation sites (tertiary alicyclic amines) is 1. The van der Waals surface area contributed by atoms with Gasteiger partial charge in [0.05, 0.1) is 12.5 Å². The zero-order valence-corrected chi connectivity index (χ0v) is 14.5. The Bertz CT molecular complexity index is 669. The Morgan fingerprint density at radius 3 is 3.04 bits per heavy atom. The van der Waals surface area contributed by atoms with Gasteiger partial charge in [0, 0.05) is 42.7 Å². The van der Waals surface area contributed by atoms with Crippen molar-refractivity contribution in [1.29, 1.82) is 0 Å². The highest BCUT2D eigenvalue weighted by Crippen LogP contribution is 2.28. The summed E-state index contributed by atoms with van der Waals surface area (Å²) in [7, 11) is 0. The number of aromatic amines is 1. The quantitative estimate of drug-likeness (QED) is 0.873. The number of carbonyl (C=O) groups excluding carboxylic acids is 2. The lowest BCUT2D eigenvalue weighted by Crippen LogP contribution is -2.41. The molecule has 1 aliphatic rings. The van der Waals surface area contributed by atoms with Crippen molar-refractivity contribution in [2.75, 3.05) is 13.1 Å². The molecule has 2 atom stereocenters. The molecule has 1 fully saturated rings. The SMILES string of the molecule is CC(=O)N[C@@H](CC(=O)N1CCC[C@@H](c2ccn[nH]2)C1)c1cccs1. The van der Waals surface area contributed by atoms with Crippen molar-refractivity contribution in [2.45, 2.75) is 38.1 Å². The van der Waals surface area contributed by atoms with Gasteiger partial charge in [0.15, 0.2) is 0 Å². The number of thiophene rings is 1. The van der Waals surface area contributed by atoms with Crippen LogP contribution >= 0.6 is 11.3 Å². The Morgan fingerprint density at radius 1 is 1.50 bits per heavy atom. The second-order valence-corrected chi connectivity index (χ2v) is 7.14. The van der Waals surface area contributed by atoms with Gasteiger partial charge in [-0.1, -0.05) is 6.07 Å². The maximum atomic E-state index is 12.8. The molecule has 24 heavy (non-hydrogen) atoms. The van der Waals surface area contributed by atoms with E-state index in [1.165, 1.54) is 6.92 Å². The third kappa shape index (κ3) is 4.03. The molecule has 3 rings (SSSR count). The van der Waals surface area contributed by atoms with Crippen LogP contribution in [0.3, 0.4) is 0 Å². The summed E-state index contributed by atoms with van der Waals surface area (Å²) >= 11 is 1.56. The number of aromatic nitrogens is 2. The molecule has 128 valence electrons. The Kier molecular flexibility index (Phi) is 5.30. The molecule has 0 spiro atoms. The summed E-state index contributed by atoms with van der Waals surface area (Å²) < 4.78 is 0. The first-order valence-electron chi connectivity index (χ1n) is 8.21. The number of hydrogen-bond acceptors (Lipinski definition) is 4. The van der Waals surface area contributed by atoms with Crippen LogP contribution in [0.5, 0.6) is 0 Å². The minimum atomic E-state index is -0.248. The summed E-state index contributed by atoms with van der Waals surface area (Å²) in [6, 6.07) is 5.63. The van der Waals surface area contributed by atoms with Gasteiger partial charge in [-0.15, -0.1) is 11.3 Å². The first-order valence-corrected chi connectivity index (χ1v) is 9.09. The van der Waals surface area contributed by atoms with E-state index in [1.54, 1.807) is 17.5 Å². The van der Waals surface area contributed by atoms with E-state index in [0.717, 1.165) is 30.0 Å². The molecule has 3 heterocycles. The van der Waals surface area contributed by atoms with E-state index >= 15 is 0 Å². The highest BCUT2D eigenvalue weighted by molar-refractivity contribution is 7.10. The van der Waals surface area contributed by atoms with Crippen LogP contribution in [-0.4, -0.2) is 40.0 Å². The van der Waals surface area contributed by atoms with Gasteiger partial charge in [0.1, 0.15) is 0 Å². The van der Waals surface area contributed by atoms with Crippen LogP contribution in [0.2, 0.25) is 0 Å². The van der Waals surface area contributed by atoms with E-state index in [0.29, 0.717) is 18.9 Å². The normalized spacial score (nSPS) is 19.0. The molecule has 0 aromatic carbocycles. The van der Waals surface area contributed by atoms with E-state index < -0.39 is 0 Å². The van der Waals surface area contributed by atoms with Crippen LogP contribution in [0.1, 0.15) is 48.7 Å². The van der Waals surface area contributed by atoms with E-state index in [9.17, 15) is 9.59 Å². The molecule has 2 amide bonds.